The first-order valence-electron chi connectivity index (χ1n) is 12.4. The fourth-order valence-corrected chi connectivity index (χ4v) is 5.16. The van der Waals surface area contributed by atoms with E-state index in [-0.39, 0.29) is 11.9 Å². The van der Waals surface area contributed by atoms with Gasteiger partial charge in [-0.1, -0.05) is 37.1 Å². The van der Waals surface area contributed by atoms with Crippen molar-refractivity contribution in [3.05, 3.63) is 65.2 Å². The summed E-state index contributed by atoms with van der Waals surface area (Å²) >= 11 is 0. The lowest BCUT2D eigenvalue weighted by Gasteiger charge is -2.36. The molecule has 0 spiro atoms. The van der Waals surface area contributed by atoms with Crippen molar-refractivity contribution in [3.8, 4) is 0 Å². The lowest BCUT2D eigenvalue weighted by atomic mass is 9.95. The normalized spacial score (nSPS) is 18.4. The molecule has 1 saturated heterocycles. The van der Waals surface area contributed by atoms with Crippen LogP contribution in [0, 0.1) is 0 Å². The highest BCUT2D eigenvalue weighted by molar-refractivity contribution is 5.94. The number of rotatable bonds is 8. The predicted octanol–water partition coefficient (Wildman–Crippen LogP) is 4.52. The number of nitrogens with one attached hydrogen (secondary N) is 2. The SMILES string of the molecule is CCN(CC)C(=O)c1ccc([C@H](c2cccc(NC3CCCC3)c2)N2CCNCC2)cc1. The number of carbonyl (C=O) groups is 1. The number of hydrogen-bond donors (Lipinski definition) is 2. The van der Waals surface area contributed by atoms with E-state index in [0.717, 1.165) is 44.8 Å². The number of benzene rings is 2. The van der Waals surface area contributed by atoms with Crippen LogP contribution < -0.4 is 10.6 Å². The molecule has 2 aliphatic rings. The van der Waals surface area contributed by atoms with E-state index in [4.69, 9.17) is 0 Å². The molecular weight excluding hydrogens is 396 g/mol. The van der Waals surface area contributed by atoms with Gasteiger partial charge in [-0.3, -0.25) is 9.69 Å². The van der Waals surface area contributed by atoms with Gasteiger partial charge in [0.2, 0.25) is 0 Å². The van der Waals surface area contributed by atoms with E-state index in [9.17, 15) is 4.79 Å². The second-order valence-corrected chi connectivity index (χ2v) is 9.04. The molecule has 32 heavy (non-hydrogen) atoms. The average Bonchev–Trinajstić information content (AvgIpc) is 3.34. The summed E-state index contributed by atoms with van der Waals surface area (Å²) in [5, 5.41) is 7.24. The maximum atomic E-state index is 12.8. The summed E-state index contributed by atoms with van der Waals surface area (Å²) in [6, 6.07) is 18.1. The van der Waals surface area contributed by atoms with Crippen molar-refractivity contribution in [1.29, 1.82) is 0 Å². The van der Waals surface area contributed by atoms with Crippen molar-refractivity contribution in [2.75, 3.05) is 44.6 Å². The van der Waals surface area contributed by atoms with Gasteiger partial charge >= 0.3 is 0 Å². The summed E-state index contributed by atoms with van der Waals surface area (Å²) in [7, 11) is 0. The molecule has 1 heterocycles. The second-order valence-electron chi connectivity index (χ2n) is 9.04. The number of hydrogen-bond acceptors (Lipinski definition) is 4. The van der Waals surface area contributed by atoms with E-state index in [0.29, 0.717) is 6.04 Å². The van der Waals surface area contributed by atoms with Crippen LogP contribution >= 0.6 is 0 Å². The van der Waals surface area contributed by atoms with Crippen LogP contribution in [0.5, 0.6) is 0 Å². The molecule has 1 atom stereocenters. The average molecular weight is 435 g/mol. The quantitative estimate of drug-likeness (QED) is 0.641. The third kappa shape index (κ3) is 5.33. The smallest absolute Gasteiger partial charge is 0.253 e. The fraction of sp³-hybridized carbons (Fsp3) is 0.519. The largest absolute Gasteiger partial charge is 0.382 e. The maximum absolute atomic E-state index is 12.8. The van der Waals surface area contributed by atoms with Crippen LogP contribution in [0.25, 0.3) is 0 Å². The van der Waals surface area contributed by atoms with Crippen LogP contribution in [-0.2, 0) is 0 Å². The number of amides is 1. The molecule has 0 bridgehead atoms. The van der Waals surface area contributed by atoms with E-state index >= 15 is 0 Å². The minimum Gasteiger partial charge on any atom is -0.382 e. The second kappa shape index (κ2) is 11.0. The van der Waals surface area contributed by atoms with Gasteiger partial charge < -0.3 is 15.5 Å². The molecule has 2 fully saturated rings. The van der Waals surface area contributed by atoms with Gasteiger partial charge in [0.1, 0.15) is 0 Å². The first-order valence-corrected chi connectivity index (χ1v) is 12.4. The van der Waals surface area contributed by atoms with Gasteiger partial charge in [0, 0.05) is 56.6 Å². The fourth-order valence-electron chi connectivity index (χ4n) is 5.16. The van der Waals surface area contributed by atoms with Crippen LogP contribution in [0.4, 0.5) is 5.69 Å². The van der Waals surface area contributed by atoms with Crippen LogP contribution in [0.15, 0.2) is 48.5 Å². The Labute approximate surface area is 193 Å². The molecule has 2 N–H and O–H groups in total. The number of piperazine rings is 1. The molecule has 0 aromatic heterocycles. The van der Waals surface area contributed by atoms with Crippen molar-refractivity contribution < 1.29 is 4.79 Å². The number of nitrogens with zero attached hydrogens (tertiary/aromatic N) is 2. The molecule has 0 radical (unpaired) electrons. The lowest BCUT2D eigenvalue weighted by molar-refractivity contribution is 0.0773. The van der Waals surface area contributed by atoms with Crippen LogP contribution in [-0.4, -0.2) is 61.0 Å². The van der Waals surface area contributed by atoms with Crippen molar-refractivity contribution >= 4 is 11.6 Å². The highest BCUT2D eigenvalue weighted by Crippen LogP contribution is 2.32. The highest BCUT2D eigenvalue weighted by Gasteiger charge is 2.25. The molecule has 2 aromatic carbocycles. The highest BCUT2D eigenvalue weighted by atomic mass is 16.2. The molecule has 1 aliphatic carbocycles. The van der Waals surface area contributed by atoms with Crippen molar-refractivity contribution in [3.63, 3.8) is 0 Å². The molecule has 2 aromatic rings. The molecule has 172 valence electrons. The third-order valence-corrected chi connectivity index (χ3v) is 6.97. The molecule has 5 nitrogen and oxygen atoms in total. The minimum atomic E-state index is 0.114. The van der Waals surface area contributed by atoms with Crippen LogP contribution in [0.2, 0.25) is 0 Å². The standard InChI is InChI=1S/C27H38N4O/c1-3-30(4-2)27(32)22-14-12-21(13-15-22)26(31-18-16-28-17-19-31)23-8-7-11-25(20-23)29-24-9-5-6-10-24/h7-8,11-15,20,24,26,28-29H,3-6,9-10,16-19H2,1-2H3/t26-/m1/s1. The molecule has 1 amide bonds. The van der Waals surface area contributed by atoms with E-state index in [1.54, 1.807) is 0 Å². The zero-order valence-electron chi connectivity index (χ0n) is 19.6. The maximum Gasteiger partial charge on any atom is 0.253 e. The summed E-state index contributed by atoms with van der Waals surface area (Å²) in [6.07, 6.45) is 5.21. The molecule has 5 heteroatoms. The summed E-state index contributed by atoms with van der Waals surface area (Å²) < 4.78 is 0. The monoisotopic (exact) mass is 434 g/mol. The van der Waals surface area contributed by atoms with Gasteiger partial charge in [0.15, 0.2) is 0 Å². The summed E-state index contributed by atoms with van der Waals surface area (Å²) in [6.45, 7) is 9.59. The number of carbonyl (C=O) groups excluding carboxylic acids is 1. The van der Waals surface area contributed by atoms with Crippen LogP contribution in [0.1, 0.15) is 67.1 Å². The van der Waals surface area contributed by atoms with Gasteiger partial charge in [-0.25, -0.2) is 0 Å². The molecule has 0 unspecified atom stereocenters. The lowest BCUT2D eigenvalue weighted by Crippen LogP contribution is -2.45. The zero-order valence-corrected chi connectivity index (χ0v) is 19.6. The molecule has 1 aliphatic heterocycles. The Balaban J connectivity index is 1.60. The van der Waals surface area contributed by atoms with Crippen molar-refractivity contribution in [1.82, 2.24) is 15.1 Å². The van der Waals surface area contributed by atoms with E-state index < -0.39 is 0 Å². The molecule has 1 saturated carbocycles. The first kappa shape index (κ1) is 22.8. The predicted molar refractivity (Wildman–Crippen MR) is 132 cm³/mol. The molecule has 4 rings (SSSR count). The Morgan fingerprint density at radius 3 is 2.38 bits per heavy atom. The topological polar surface area (TPSA) is 47.6 Å². The summed E-state index contributed by atoms with van der Waals surface area (Å²) in [5.41, 5.74) is 4.56. The first-order chi connectivity index (χ1) is 15.7. The zero-order chi connectivity index (χ0) is 22.3. The Morgan fingerprint density at radius 1 is 1.03 bits per heavy atom. The van der Waals surface area contributed by atoms with Crippen molar-refractivity contribution in [2.24, 2.45) is 0 Å². The van der Waals surface area contributed by atoms with Gasteiger partial charge in [-0.15, -0.1) is 0 Å². The van der Waals surface area contributed by atoms with E-state index in [2.05, 4.69) is 51.9 Å². The van der Waals surface area contributed by atoms with Crippen molar-refractivity contribution in [2.45, 2.75) is 51.6 Å². The van der Waals surface area contributed by atoms with Gasteiger partial charge in [0.25, 0.3) is 5.91 Å². The number of anilines is 1. The Bertz CT molecular complexity index is 865. The van der Waals surface area contributed by atoms with Crippen LogP contribution in [0.3, 0.4) is 0 Å². The Hall–Kier alpha value is -2.37. The molecular formula is C27H38N4O. The third-order valence-electron chi connectivity index (χ3n) is 6.97. The van der Waals surface area contributed by atoms with Gasteiger partial charge in [-0.2, -0.15) is 0 Å². The summed E-state index contributed by atoms with van der Waals surface area (Å²) in [4.78, 5) is 17.2. The Kier molecular flexibility index (Phi) is 7.82. The van der Waals surface area contributed by atoms with Gasteiger partial charge in [0.05, 0.1) is 6.04 Å². The van der Waals surface area contributed by atoms with E-state index in [1.807, 2.05) is 30.9 Å². The van der Waals surface area contributed by atoms with Gasteiger partial charge in [-0.05, 0) is 62.1 Å². The summed E-state index contributed by atoms with van der Waals surface area (Å²) in [5.74, 6) is 0.114. The Morgan fingerprint density at radius 2 is 1.72 bits per heavy atom. The minimum absolute atomic E-state index is 0.114. The van der Waals surface area contributed by atoms with E-state index in [1.165, 1.54) is 42.5 Å².